The molecule has 0 spiro atoms. The number of rotatable bonds is 9. The summed E-state index contributed by atoms with van der Waals surface area (Å²) in [6, 6.07) is 17.9. The highest BCUT2D eigenvalue weighted by molar-refractivity contribution is 7.92. The summed E-state index contributed by atoms with van der Waals surface area (Å²) in [5.74, 6) is 0.454. The maximum absolute atomic E-state index is 13.4. The molecule has 1 amide bonds. The van der Waals surface area contributed by atoms with Crippen LogP contribution in [0.2, 0.25) is 5.02 Å². The fourth-order valence-corrected chi connectivity index (χ4v) is 4.82. The highest BCUT2D eigenvalue weighted by Crippen LogP contribution is 2.29. The largest absolute Gasteiger partial charge is 0.493 e. The van der Waals surface area contributed by atoms with Crippen molar-refractivity contribution in [1.82, 2.24) is 5.43 Å². The molecule has 0 heterocycles. The molecule has 0 aromatic heterocycles. The number of carbonyl (C=O) groups excluding carboxylic acids is 1. The number of halogens is 1. The van der Waals surface area contributed by atoms with Gasteiger partial charge in [0.05, 0.1) is 30.5 Å². The number of hydrazone groups is 1. The van der Waals surface area contributed by atoms with Gasteiger partial charge in [0.25, 0.3) is 15.9 Å². The van der Waals surface area contributed by atoms with E-state index in [1.807, 2.05) is 0 Å². The first-order valence-electron chi connectivity index (χ1n) is 10.6. The molecule has 8 nitrogen and oxygen atoms in total. The van der Waals surface area contributed by atoms with E-state index in [-0.39, 0.29) is 10.6 Å². The van der Waals surface area contributed by atoms with Crippen LogP contribution >= 0.6 is 11.6 Å². The summed E-state index contributed by atoms with van der Waals surface area (Å²) in [5.41, 5.74) is 4.67. The Labute approximate surface area is 210 Å². The molecule has 0 bridgehead atoms. The van der Waals surface area contributed by atoms with Gasteiger partial charge in [-0.15, -0.1) is 0 Å². The minimum atomic E-state index is -4.05. The highest BCUT2D eigenvalue weighted by atomic mass is 35.5. The fraction of sp³-hybridized carbons (Fsp3) is 0.200. The van der Waals surface area contributed by atoms with Crippen LogP contribution < -0.4 is 19.2 Å². The lowest BCUT2D eigenvalue weighted by molar-refractivity contribution is -0.119. The van der Waals surface area contributed by atoms with Crippen LogP contribution in [0, 0.1) is 6.92 Å². The Morgan fingerprint density at radius 3 is 2.31 bits per heavy atom. The van der Waals surface area contributed by atoms with Gasteiger partial charge in [-0.1, -0.05) is 35.9 Å². The second-order valence-electron chi connectivity index (χ2n) is 7.56. The molecular weight excluding hydrogens is 490 g/mol. The SMILES string of the molecule is COc1ccc(C(C)=NNC(=O)CN(c2ccc(C)c(Cl)c2)S(=O)(=O)c2ccccc2)cc1OC. The van der Waals surface area contributed by atoms with E-state index in [1.165, 1.54) is 32.4 Å². The van der Waals surface area contributed by atoms with E-state index in [9.17, 15) is 13.2 Å². The number of nitrogens with one attached hydrogen (secondary N) is 1. The predicted octanol–water partition coefficient (Wildman–Crippen LogP) is 4.40. The zero-order valence-electron chi connectivity index (χ0n) is 19.8. The fourth-order valence-electron chi connectivity index (χ4n) is 3.21. The van der Waals surface area contributed by atoms with Gasteiger partial charge >= 0.3 is 0 Å². The molecule has 10 heteroatoms. The van der Waals surface area contributed by atoms with Crippen LogP contribution in [0.5, 0.6) is 11.5 Å². The number of hydrogen-bond donors (Lipinski definition) is 1. The topological polar surface area (TPSA) is 97.3 Å². The number of sulfonamides is 1. The molecule has 1 N–H and O–H groups in total. The lowest BCUT2D eigenvalue weighted by atomic mass is 10.1. The van der Waals surface area contributed by atoms with Gasteiger partial charge in [0.2, 0.25) is 0 Å². The Morgan fingerprint density at radius 1 is 1.00 bits per heavy atom. The number of aryl methyl sites for hydroxylation is 1. The lowest BCUT2D eigenvalue weighted by Crippen LogP contribution is -2.39. The minimum absolute atomic E-state index is 0.0505. The van der Waals surface area contributed by atoms with Gasteiger partial charge in [-0.2, -0.15) is 5.10 Å². The summed E-state index contributed by atoms with van der Waals surface area (Å²) >= 11 is 6.24. The number of carbonyl (C=O) groups is 1. The van der Waals surface area contributed by atoms with Gasteiger partial charge in [-0.3, -0.25) is 9.10 Å². The van der Waals surface area contributed by atoms with E-state index in [2.05, 4.69) is 10.5 Å². The van der Waals surface area contributed by atoms with E-state index in [0.29, 0.717) is 27.8 Å². The monoisotopic (exact) mass is 515 g/mol. The Balaban J connectivity index is 1.87. The van der Waals surface area contributed by atoms with Crippen molar-refractivity contribution in [3.63, 3.8) is 0 Å². The third kappa shape index (κ3) is 6.12. The molecule has 0 aliphatic carbocycles. The molecular formula is C25H26ClN3O5S. The number of ether oxygens (including phenoxy) is 2. The summed E-state index contributed by atoms with van der Waals surface area (Å²) in [7, 11) is -0.992. The van der Waals surface area contributed by atoms with Crippen molar-refractivity contribution in [1.29, 1.82) is 0 Å². The molecule has 3 rings (SSSR count). The van der Waals surface area contributed by atoms with Gasteiger partial charge in [0, 0.05) is 10.6 Å². The van der Waals surface area contributed by atoms with E-state index in [0.717, 1.165) is 9.87 Å². The lowest BCUT2D eigenvalue weighted by Gasteiger charge is -2.24. The zero-order chi connectivity index (χ0) is 25.6. The Morgan fingerprint density at radius 2 is 1.69 bits per heavy atom. The van der Waals surface area contributed by atoms with Crippen LogP contribution in [0.4, 0.5) is 5.69 Å². The number of anilines is 1. The summed E-state index contributed by atoms with van der Waals surface area (Å²) in [5, 5.41) is 4.52. The van der Waals surface area contributed by atoms with Crippen LogP contribution in [-0.4, -0.2) is 40.8 Å². The second kappa shape index (κ2) is 11.2. The summed E-state index contributed by atoms with van der Waals surface area (Å²) < 4.78 is 38.3. The summed E-state index contributed by atoms with van der Waals surface area (Å²) in [6.45, 7) is 3.01. The maximum atomic E-state index is 13.4. The number of methoxy groups -OCH3 is 2. The molecule has 0 aliphatic rings. The molecule has 0 saturated carbocycles. The third-order valence-electron chi connectivity index (χ3n) is 5.21. The number of amides is 1. The predicted molar refractivity (Wildman–Crippen MR) is 137 cm³/mol. The Bertz CT molecular complexity index is 1340. The van der Waals surface area contributed by atoms with Crippen LogP contribution in [0.1, 0.15) is 18.1 Å². The molecule has 35 heavy (non-hydrogen) atoms. The Hall–Kier alpha value is -3.56. The number of benzene rings is 3. The molecule has 0 fully saturated rings. The van der Waals surface area contributed by atoms with Crippen molar-refractivity contribution < 1.29 is 22.7 Å². The molecule has 0 radical (unpaired) electrons. The quantitative estimate of drug-likeness (QED) is 0.336. The smallest absolute Gasteiger partial charge is 0.264 e. The average Bonchev–Trinajstić information content (AvgIpc) is 2.87. The van der Waals surface area contributed by atoms with E-state index >= 15 is 0 Å². The summed E-state index contributed by atoms with van der Waals surface area (Å²) in [4.78, 5) is 12.9. The molecule has 3 aromatic rings. The van der Waals surface area contributed by atoms with Crippen molar-refractivity contribution in [3.8, 4) is 11.5 Å². The van der Waals surface area contributed by atoms with Crippen LogP contribution in [-0.2, 0) is 14.8 Å². The van der Waals surface area contributed by atoms with Crippen molar-refractivity contribution in [2.45, 2.75) is 18.7 Å². The molecule has 184 valence electrons. The first-order chi connectivity index (χ1) is 16.7. The number of hydrogen-bond acceptors (Lipinski definition) is 6. The number of nitrogens with zero attached hydrogens (tertiary/aromatic N) is 2. The standard InChI is InChI=1S/C25H26ClN3O5S/c1-17-10-12-20(15-22(17)26)29(35(31,32)21-8-6-5-7-9-21)16-25(30)28-27-18(2)19-11-13-23(33-3)24(14-19)34-4/h5-15H,16H2,1-4H3,(H,28,30). The average molecular weight is 516 g/mol. The van der Waals surface area contributed by atoms with Crippen molar-refractivity contribution in [3.05, 3.63) is 82.9 Å². The van der Waals surface area contributed by atoms with Crippen LogP contribution in [0.3, 0.4) is 0 Å². The van der Waals surface area contributed by atoms with Gasteiger partial charge in [-0.25, -0.2) is 13.8 Å². The molecule has 0 saturated heterocycles. The zero-order valence-corrected chi connectivity index (χ0v) is 21.4. The molecule has 0 unspecified atom stereocenters. The molecule has 3 aromatic carbocycles. The first-order valence-corrected chi connectivity index (χ1v) is 12.4. The van der Waals surface area contributed by atoms with Gasteiger partial charge < -0.3 is 9.47 Å². The van der Waals surface area contributed by atoms with E-state index in [4.69, 9.17) is 21.1 Å². The van der Waals surface area contributed by atoms with E-state index < -0.39 is 22.5 Å². The van der Waals surface area contributed by atoms with Crippen LogP contribution in [0.25, 0.3) is 0 Å². The summed E-state index contributed by atoms with van der Waals surface area (Å²) in [6.07, 6.45) is 0. The van der Waals surface area contributed by atoms with Gasteiger partial charge in [-0.05, 0) is 61.9 Å². The van der Waals surface area contributed by atoms with Crippen molar-refractivity contribution in [2.24, 2.45) is 5.10 Å². The second-order valence-corrected chi connectivity index (χ2v) is 9.83. The molecule has 0 atom stereocenters. The molecule has 0 aliphatic heterocycles. The van der Waals surface area contributed by atoms with Crippen LogP contribution in [0.15, 0.2) is 76.7 Å². The highest BCUT2D eigenvalue weighted by Gasteiger charge is 2.27. The normalized spacial score (nSPS) is 11.6. The maximum Gasteiger partial charge on any atom is 0.264 e. The van der Waals surface area contributed by atoms with Crippen molar-refractivity contribution >= 4 is 38.9 Å². The van der Waals surface area contributed by atoms with Gasteiger partial charge in [0.1, 0.15) is 6.54 Å². The first kappa shape index (κ1) is 26.1. The van der Waals surface area contributed by atoms with Gasteiger partial charge in [0.15, 0.2) is 11.5 Å². The van der Waals surface area contributed by atoms with Crippen molar-refractivity contribution in [2.75, 3.05) is 25.1 Å². The van der Waals surface area contributed by atoms with E-state index in [1.54, 1.807) is 62.4 Å². The third-order valence-corrected chi connectivity index (χ3v) is 7.41. The minimum Gasteiger partial charge on any atom is -0.493 e. The Kier molecular flexibility index (Phi) is 8.37.